The van der Waals surface area contributed by atoms with E-state index < -0.39 is 5.41 Å². The van der Waals surface area contributed by atoms with Gasteiger partial charge in [0.05, 0.1) is 11.5 Å². The first kappa shape index (κ1) is 35.3. The molecule has 1 aliphatic heterocycles. The minimum atomic E-state index is -0.451. The van der Waals surface area contributed by atoms with E-state index in [9.17, 15) is 0 Å². The summed E-state index contributed by atoms with van der Waals surface area (Å²) in [5, 5.41) is 2.50. The van der Waals surface area contributed by atoms with Gasteiger partial charge in [0.25, 0.3) is 0 Å². The fraction of sp³-hybridized carbons (Fsp3) is 0.0508. The first-order valence-electron chi connectivity index (χ1n) is 21.3. The number of hydrogen-bond donors (Lipinski definition) is 0. The van der Waals surface area contributed by atoms with E-state index in [0.717, 1.165) is 17.1 Å². The predicted molar refractivity (Wildman–Crippen MR) is 255 cm³/mol. The third-order valence-corrected chi connectivity index (χ3v) is 13.3. The summed E-state index contributed by atoms with van der Waals surface area (Å²) >= 11 is 0. The Kier molecular flexibility index (Phi) is 8.24. The molecule has 12 rings (SSSR count). The Bertz CT molecular complexity index is 3100. The number of para-hydroxylation sites is 1. The summed E-state index contributed by atoms with van der Waals surface area (Å²) in [6.45, 7) is 0. The van der Waals surface area contributed by atoms with Gasteiger partial charge in [0.1, 0.15) is 0 Å². The summed E-state index contributed by atoms with van der Waals surface area (Å²) in [7, 11) is 0. The van der Waals surface area contributed by atoms with E-state index in [1.54, 1.807) is 0 Å². The Morgan fingerprint density at radius 3 is 1.67 bits per heavy atom. The number of benzene rings is 9. The van der Waals surface area contributed by atoms with Crippen LogP contribution in [-0.2, 0) is 5.41 Å². The van der Waals surface area contributed by atoms with E-state index in [0.29, 0.717) is 5.92 Å². The number of allylic oxidation sites excluding steroid dienone is 2. The summed E-state index contributed by atoms with van der Waals surface area (Å²) < 4.78 is 0. The molecule has 2 atom stereocenters. The highest BCUT2D eigenvalue weighted by atomic mass is 15.2. The molecule has 2 aliphatic carbocycles. The largest absolute Gasteiger partial charge is 0.333 e. The first-order chi connectivity index (χ1) is 30.3. The smallest absolute Gasteiger partial charge is 0.0713 e. The zero-order chi connectivity index (χ0) is 40.3. The van der Waals surface area contributed by atoms with Crippen molar-refractivity contribution in [2.24, 2.45) is 0 Å². The third kappa shape index (κ3) is 5.56. The monoisotopic (exact) mass is 778 g/mol. The normalized spacial score (nSPS) is 16.5. The molecule has 2 unspecified atom stereocenters. The van der Waals surface area contributed by atoms with Gasteiger partial charge in [-0.05, 0) is 122 Å². The zero-order valence-corrected chi connectivity index (χ0v) is 33.6. The van der Waals surface area contributed by atoms with Crippen LogP contribution in [0, 0.1) is 0 Å². The highest BCUT2D eigenvalue weighted by molar-refractivity contribution is 5.89. The maximum absolute atomic E-state index is 2.50. The van der Waals surface area contributed by atoms with Crippen molar-refractivity contribution >= 4 is 39.2 Å². The number of hydrogen-bond acceptors (Lipinski definition) is 2. The van der Waals surface area contributed by atoms with Gasteiger partial charge in [-0.1, -0.05) is 182 Å². The SMILES string of the molecule is C1=CC2c3ccccc3N(c3ccc(N(c4ccc(-c5ccc6ccccc6c5)cc4)c4ccc(C5(c6ccccc6)c6ccccc6-c6ccccc65)cc4)cc3)C2C=C1. The molecule has 0 amide bonds. The van der Waals surface area contributed by atoms with Crippen LogP contribution >= 0.6 is 0 Å². The minimum absolute atomic E-state index is 0.252. The van der Waals surface area contributed by atoms with Gasteiger partial charge in [-0.15, -0.1) is 0 Å². The number of anilines is 5. The third-order valence-electron chi connectivity index (χ3n) is 13.3. The van der Waals surface area contributed by atoms with Crippen molar-refractivity contribution in [3.8, 4) is 22.3 Å². The number of rotatable bonds is 7. The quantitative estimate of drug-likeness (QED) is 0.159. The van der Waals surface area contributed by atoms with Crippen LogP contribution in [0.3, 0.4) is 0 Å². The molecule has 0 aromatic heterocycles. The summed E-state index contributed by atoms with van der Waals surface area (Å²) in [6.07, 6.45) is 9.05. The molecule has 0 saturated carbocycles. The molecule has 9 aromatic carbocycles. The van der Waals surface area contributed by atoms with Gasteiger partial charge < -0.3 is 9.80 Å². The Balaban J connectivity index is 0.976. The second-order valence-corrected chi connectivity index (χ2v) is 16.4. The fourth-order valence-corrected chi connectivity index (χ4v) is 10.5. The highest BCUT2D eigenvalue weighted by Gasteiger charge is 2.46. The average molecular weight is 779 g/mol. The van der Waals surface area contributed by atoms with Gasteiger partial charge in [-0.3, -0.25) is 0 Å². The molecule has 0 radical (unpaired) electrons. The molecule has 61 heavy (non-hydrogen) atoms. The van der Waals surface area contributed by atoms with E-state index in [2.05, 4.69) is 252 Å². The Labute approximate surface area is 357 Å². The molecule has 0 fully saturated rings. The van der Waals surface area contributed by atoms with Gasteiger partial charge in [0, 0.05) is 34.4 Å². The topological polar surface area (TPSA) is 6.48 Å². The average Bonchev–Trinajstić information content (AvgIpc) is 3.84. The van der Waals surface area contributed by atoms with E-state index >= 15 is 0 Å². The van der Waals surface area contributed by atoms with Crippen molar-refractivity contribution in [1.82, 2.24) is 0 Å². The lowest BCUT2D eigenvalue weighted by molar-refractivity contribution is 0.745. The van der Waals surface area contributed by atoms with Crippen LogP contribution in [0.4, 0.5) is 28.4 Å². The zero-order valence-electron chi connectivity index (χ0n) is 33.6. The lowest BCUT2D eigenvalue weighted by Gasteiger charge is -2.34. The van der Waals surface area contributed by atoms with Crippen LogP contribution in [0.2, 0.25) is 0 Å². The van der Waals surface area contributed by atoms with Gasteiger partial charge in [0.2, 0.25) is 0 Å². The molecular weight excluding hydrogens is 737 g/mol. The summed E-state index contributed by atoms with van der Waals surface area (Å²) in [5.41, 5.74) is 16.9. The molecule has 0 spiro atoms. The van der Waals surface area contributed by atoms with Gasteiger partial charge in [-0.2, -0.15) is 0 Å². The summed E-state index contributed by atoms with van der Waals surface area (Å²) in [5.74, 6) is 0.343. The Morgan fingerprint density at radius 2 is 0.951 bits per heavy atom. The second-order valence-electron chi connectivity index (χ2n) is 16.4. The van der Waals surface area contributed by atoms with Crippen molar-refractivity contribution in [1.29, 1.82) is 0 Å². The Morgan fingerprint density at radius 1 is 0.410 bits per heavy atom. The Hall–Kier alpha value is -7.68. The van der Waals surface area contributed by atoms with Crippen LogP contribution < -0.4 is 9.80 Å². The van der Waals surface area contributed by atoms with Gasteiger partial charge in [-0.25, -0.2) is 0 Å². The molecule has 288 valence electrons. The van der Waals surface area contributed by atoms with E-state index in [-0.39, 0.29) is 6.04 Å². The minimum Gasteiger partial charge on any atom is -0.333 e. The van der Waals surface area contributed by atoms with Crippen molar-refractivity contribution < 1.29 is 0 Å². The standard InChI is InChI=1S/C59H42N2/c1-2-16-45(17-3-1)59(55-22-10-6-18-51(55)52-19-7-11-23-56(52)59)46-30-34-48(35-31-46)60(47-32-28-42(29-33-47)44-27-26-41-14-4-5-15-43(41)40-44)49-36-38-50(39-37-49)61-57-24-12-8-20-53(57)54-21-9-13-25-58(54)61/h1-40,53,57H. The fourth-order valence-electron chi connectivity index (χ4n) is 10.5. The lowest BCUT2D eigenvalue weighted by atomic mass is 9.68. The number of nitrogens with zero attached hydrogens (tertiary/aromatic N) is 2. The first-order valence-corrected chi connectivity index (χ1v) is 21.3. The van der Waals surface area contributed by atoms with Gasteiger partial charge >= 0.3 is 0 Å². The van der Waals surface area contributed by atoms with Crippen LogP contribution in [0.5, 0.6) is 0 Å². The maximum Gasteiger partial charge on any atom is 0.0713 e. The van der Waals surface area contributed by atoms with Crippen molar-refractivity contribution in [3.05, 3.63) is 271 Å². The van der Waals surface area contributed by atoms with E-state index in [1.807, 2.05) is 0 Å². The molecule has 2 heteroatoms. The maximum atomic E-state index is 2.50. The highest BCUT2D eigenvalue weighted by Crippen LogP contribution is 2.56. The molecule has 9 aromatic rings. The summed E-state index contributed by atoms with van der Waals surface area (Å²) in [4.78, 5) is 4.90. The molecular formula is C59H42N2. The number of fused-ring (bicyclic) bond motifs is 7. The molecule has 0 bridgehead atoms. The molecule has 2 nitrogen and oxygen atoms in total. The van der Waals surface area contributed by atoms with E-state index in [1.165, 1.54) is 72.2 Å². The molecule has 3 aliphatic rings. The molecule has 0 N–H and O–H groups in total. The van der Waals surface area contributed by atoms with Crippen LogP contribution in [-0.4, -0.2) is 6.04 Å². The van der Waals surface area contributed by atoms with Crippen LogP contribution in [0.25, 0.3) is 33.0 Å². The van der Waals surface area contributed by atoms with Crippen molar-refractivity contribution in [3.63, 3.8) is 0 Å². The van der Waals surface area contributed by atoms with Crippen molar-refractivity contribution in [2.45, 2.75) is 17.4 Å². The van der Waals surface area contributed by atoms with Crippen LogP contribution in [0.1, 0.15) is 33.7 Å². The van der Waals surface area contributed by atoms with Gasteiger partial charge in [0.15, 0.2) is 0 Å². The van der Waals surface area contributed by atoms with E-state index in [4.69, 9.17) is 0 Å². The second kappa shape index (κ2) is 14.3. The lowest BCUT2D eigenvalue weighted by Crippen LogP contribution is -2.28. The molecule has 0 saturated heterocycles. The summed E-state index contributed by atoms with van der Waals surface area (Å²) in [6, 6.07) is 80.9. The van der Waals surface area contributed by atoms with Crippen molar-refractivity contribution in [2.75, 3.05) is 9.80 Å². The predicted octanol–water partition coefficient (Wildman–Crippen LogP) is 15.1. The van der Waals surface area contributed by atoms with Crippen LogP contribution in [0.15, 0.2) is 243 Å². The molecule has 1 heterocycles.